The van der Waals surface area contributed by atoms with Crippen molar-refractivity contribution in [1.82, 2.24) is 4.31 Å². The van der Waals surface area contributed by atoms with Gasteiger partial charge in [0, 0.05) is 19.1 Å². The molecule has 102 valence electrons. The quantitative estimate of drug-likeness (QED) is 0.801. The van der Waals surface area contributed by atoms with Crippen molar-refractivity contribution in [1.29, 1.82) is 0 Å². The summed E-state index contributed by atoms with van der Waals surface area (Å²) in [5.41, 5.74) is 5.52. The van der Waals surface area contributed by atoms with Crippen LogP contribution in [-0.2, 0) is 14.8 Å². The number of hydrogen-bond donors (Lipinski definition) is 1. The molecule has 6 heteroatoms. The van der Waals surface area contributed by atoms with Gasteiger partial charge in [0.15, 0.2) is 0 Å². The third-order valence-corrected chi connectivity index (χ3v) is 5.00. The zero-order chi connectivity index (χ0) is 13.3. The summed E-state index contributed by atoms with van der Waals surface area (Å²) in [6.07, 6.45) is -0.196. The Morgan fingerprint density at radius 2 is 2.06 bits per heavy atom. The highest BCUT2D eigenvalue weighted by Crippen LogP contribution is 2.20. The zero-order valence-corrected chi connectivity index (χ0v) is 12.0. The Balaban J connectivity index is 2.72. The standard InChI is InChI=1S/C11H24N2O3S/c1-9(12)10-7-13(5-6-16-10)17(14,15)8-11(2,3)4/h9-10H,5-8,12H2,1-4H3. The van der Waals surface area contributed by atoms with Crippen molar-refractivity contribution in [3.8, 4) is 0 Å². The van der Waals surface area contributed by atoms with Crippen LogP contribution >= 0.6 is 0 Å². The Morgan fingerprint density at radius 3 is 2.53 bits per heavy atom. The molecular formula is C11H24N2O3S. The molecule has 0 amide bonds. The Hall–Kier alpha value is -0.170. The van der Waals surface area contributed by atoms with Crippen LogP contribution < -0.4 is 5.73 Å². The normalized spacial score (nSPS) is 25.8. The van der Waals surface area contributed by atoms with Crippen LogP contribution in [0.5, 0.6) is 0 Å². The van der Waals surface area contributed by atoms with Gasteiger partial charge >= 0.3 is 0 Å². The Bertz CT molecular complexity index is 346. The fourth-order valence-corrected chi connectivity index (χ4v) is 3.86. The van der Waals surface area contributed by atoms with E-state index in [0.717, 1.165) is 0 Å². The third-order valence-electron chi connectivity index (χ3n) is 2.65. The van der Waals surface area contributed by atoms with Crippen LogP contribution in [0.3, 0.4) is 0 Å². The fourth-order valence-electron chi connectivity index (χ4n) is 1.86. The topological polar surface area (TPSA) is 72.6 Å². The number of nitrogens with two attached hydrogens (primary N) is 1. The van der Waals surface area contributed by atoms with E-state index < -0.39 is 10.0 Å². The first-order chi connectivity index (χ1) is 7.62. The molecule has 0 aromatic carbocycles. The Labute approximate surface area is 104 Å². The van der Waals surface area contributed by atoms with Gasteiger partial charge in [-0.05, 0) is 12.3 Å². The average Bonchev–Trinajstić information content (AvgIpc) is 2.14. The Kier molecular flexibility index (Phi) is 4.57. The van der Waals surface area contributed by atoms with E-state index in [9.17, 15) is 8.42 Å². The van der Waals surface area contributed by atoms with Crippen LogP contribution in [0.15, 0.2) is 0 Å². The summed E-state index contributed by atoms with van der Waals surface area (Å²) in [6.45, 7) is 8.84. The second-order valence-electron chi connectivity index (χ2n) is 5.94. The van der Waals surface area contributed by atoms with E-state index in [0.29, 0.717) is 19.7 Å². The van der Waals surface area contributed by atoms with Gasteiger partial charge in [0.1, 0.15) is 0 Å². The van der Waals surface area contributed by atoms with Crippen molar-refractivity contribution in [2.45, 2.75) is 39.8 Å². The first-order valence-electron chi connectivity index (χ1n) is 5.97. The molecule has 17 heavy (non-hydrogen) atoms. The molecule has 0 spiro atoms. The highest BCUT2D eigenvalue weighted by Gasteiger charge is 2.33. The van der Waals surface area contributed by atoms with Crippen LogP contribution in [0, 0.1) is 5.41 Å². The molecular weight excluding hydrogens is 240 g/mol. The van der Waals surface area contributed by atoms with Gasteiger partial charge in [-0.25, -0.2) is 8.42 Å². The number of hydrogen-bond acceptors (Lipinski definition) is 4. The van der Waals surface area contributed by atoms with Gasteiger partial charge in [-0.1, -0.05) is 20.8 Å². The molecule has 0 radical (unpaired) electrons. The first-order valence-corrected chi connectivity index (χ1v) is 7.58. The molecule has 0 aromatic heterocycles. The highest BCUT2D eigenvalue weighted by molar-refractivity contribution is 7.89. The molecule has 0 aliphatic carbocycles. The predicted molar refractivity (Wildman–Crippen MR) is 68.2 cm³/mol. The molecule has 2 unspecified atom stereocenters. The van der Waals surface area contributed by atoms with Gasteiger partial charge in [0.2, 0.25) is 10.0 Å². The lowest BCUT2D eigenvalue weighted by Crippen LogP contribution is -2.52. The zero-order valence-electron chi connectivity index (χ0n) is 11.1. The van der Waals surface area contributed by atoms with Crippen LogP contribution in [0.2, 0.25) is 0 Å². The summed E-state index contributed by atoms with van der Waals surface area (Å²) in [4.78, 5) is 0. The van der Waals surface area contributed by atoms with Crippen molar-refractivity contribution in [2.24, 2.45) is 11.1 Å². The lowest BCUT2D eigenvalue weighted by molar-refractivity contribution is -0.0121. The van der Waals surface area contributed by atoms with Gasteiger partial charge in [0.05, 0.1) is 18.5 Å². The van der Waals surface area contributed by atoms with E-state index in [2.05, 4.69) is 0 Å². The molecule has 1 aliphatic heterocycles. The molecule has 1 rings (SSSR count). The van der Waals surface area contributed by atoms with E-state index in [1.165, 1.54) is 4.31 Å². The number of nitrogens with zero attached hydrogens (tertiary/aromatic N) is 1. The number of sulfonamides is 1. The van der Waals surface area contributed by atoms with Crippen molar-refractivity contribution in [3.05, 3.63) is 0 Å². The van der Waals surface area contributed by atoms with Crippen LogP contribution in [0.1, 0.15) is 27.7 Å². The van der Waals surface area contributed by atoms with Crippen molar-refractivity contribution in [2.75, 3.05) is 25.4 Å². The summed E-state index contributed by atoms with van der Waals surface area (Å²) in [5, 5.41) is 0. The fraction of sp³-hybridized carbons (Fsp3) is 1.00. The number of rotatable bonds is 3. The largest absolute Gasteiger partial charge is 0.374 e. The minimum Gasteiger partial charge on any atom is -0.374 e. The maximum Gasteiger partial charge on any atom is 0.214 e. The van der Waals surface area contributed by atoms with Gasteiger partial charge < -0.3 is 10.5 Å². The van der Waals surface area contributed by atoms with Gasteiger partial charge in [-0.15, -0.1) is 0 Å². The van der Waals surface area contributed by atoms with Crippen molar-refractivity contribution in [3.63, 3.8) is 0 Å². The number of morpholine rings is 1. The second-order valence-corrected chi connectivity index (χ2v) is 7.91. The SMILES string of the molecule is CC(N)C1CN(S(=O)(=O)CC(C)(C)C)CCO1. The van der Waals surface area contributed by atoms with E-state index in [1.807, 2.05) is 27.7 Å². The minimum atomic E-state index is -3.21. The molecule has 0 aromatic rings. The average molecular weight is 264 g/mol. The van der Waals surface area contributed by atoms with E-state index >= 15 is 0 Å². The summed E-state index contributed by atoms with van der Waals surface area (Å²) in [7, 11) is -3.21. The van der Waals surface area contributed by atoms with Crippen molar-refractivity contribution >= 4 is 10.0 Å². The van der Waals surface area contributed by atoms with E-state index in [4.69, 9.17) is 10.5 Å². The smallest absolute Gasteiger partial charge is 0.214 e. The van der Waals surface area contributed by atoms with Crippen molar-refractivity contribution < 1.29 is 13.2 Å². The molecule has 1 saturated heterocycles. The first kappa shape index (κ1) is 14.9. The number of ether oxygens (including phenoxy) is 1. The summed E-state index contributed by atoms with van der Waals surface area (Å²) >= 11 is 0. The van der Waals surface area contributed by atoms with Crippen LogP contribution in [0.4, 0.5) is 0 Å². The van der Waals surface area contributed by atoms with E-state index in [1.54, 1.807) is 0 Å². The maximum atomic E-state index is 12.2. The van der Waals surface area contributed by atoms with Crippen LogP contribution in [0.25, 0.3) is 0 Å². The molecule has 1 aliphatic rings. The van der Waals surface area contributed by atoms with Gasteiger partial charge in [-0.2, -0.15) is 4.31 Å². The lowest BCUT2D eigenvalue weighted by atomic mass is 10.0. The molecule has 2 N–H and O–H groups in total. The summed E-state index contributed by atoms with van der Waals surface area (Å²) in [5.74, 6) is 0.158. The minimum absolute atomic E-state index is 0.150. The molecule has 5 nitrogen and oxygen atoms in total. The summed E-state index contributed by atoms with van der Waals surface area (Å²) in [6, 6.07) is -0.150. The maximum absolute atomic E-state index is 12.2. The Morgan fingerprint density at radius 1 is 1.47 bits per heavy atom. The third kappa shape index (κ3) is 4.54. The van der Waals surface area contributed by atoms with E-state index in [-0.39, 0.29) is 23.3 Å². The monoisotopic (exact) mass is 264 g/mol. The van der Waals surface area contributed by atoms with Gasteiger partial charge in [-0.3, -0.25) is 0 Å². The molecule has 1 fully saturated rings. The van der Waals surface area contributed by atoms with Crippen LogP contribution in [-0.4, -0.2) is 50.3 Å². The predicted octanol–water partition coefficient (Wildman–Crippen LogP) is 0.410. The molecule has 0 bridgehead atoms. The summed E-state index contributed by atoms with van der Waals surface area (Å²) < 4.78 is 31.4. The molecule has 2 atom stereocenters. The van der Waals surface area contributed by atoms with Gasteiger partial charge in [0.25, 0.3) is 0 Å². The lowest BCUT2D eigenvalue weighted by Gasteiger charge is -2.35. The highest BCUT2D eigenvalue weighted by atomic mass is 32.2. The molecule has 0 saturated carbocycles. The molecule has 1 heterocycles. The second kappa shape index (κ2) is 5.22.